The van der Waals surface area contributed by atoms with E-state index in [0.29, 0.717) is 17.2 Å². The number of ether oxygens (including phenoxy) is 2. The normalized spacial score (nSPS) is 11.8. The van der Waals surface area contributed by atoms with Gasteiger partial charge in [0, 0.05) is 11.8 Å². The predicted octanol–water partition coefficient (Wildman–Crippen LogP) is 4.66. The fraction of sp³-hybridized carbons (Fsp3) is 0.0909. The van der Waals surface area contributed by atoms with Crippen LogP contribution in [0.4, 0.5) is 5.69 Å². The number of rotatable bonds is 7. The Morgan fingerprint density at radius 3 is 2.36 bits per heavy atom. The Morgan fingerprint density at radius 2 is 1.68 bits per heavy atom. The van der Waals surface area contributed by atoms with Gasteiger partial charge in [-0.05, 0) is 61.5 Å². The van der Waals surface area contributed by atoms with Crippen molar-refractivity contribution in [3.05, 3.63) is 84.8 Å². The monoisotopic (exact) mass is 377 g/mol. The van der Waals surface area contributed by atoms with Gasteiger partial charge in [0.2, 0.25) is 0 Å². The molecule has 3 rings (SSSR count). The highest BCUT2D eigenvalue weighted by Crippen LogP contribution is 2.22. The Kier molecular flexibility index (Phi) is 6.25. The van der Waals surface area contributed by atoms with Gasteiger partial charge in [-0.25, -0.2) is 4.79 Å². The molecule has 2 aromatic carbocycles. The van der Waals surface area contributed by atoms with E-state index in [0.717, 1.165) is 5.75 Å². The maximum atomic E-state index is 12.2. The number of carbonyl (C=O) groups is 2. The Labute approximate surface area is 162 Å². The number of para-hydroxylation sites is 1. The number of anilines is 1. The minimum Gasteiger partial charge on any atom is -0.465 e. The summed E-state index contributed by atoms with van der Waals surface area (Å²) in [7, 11) is 0. The van der Waals surface area contributed by atoms with Crippen molar-refractivity contribution < 1.29 is 23.5 Å². The van der Waals surface area contributed by atoms with Crippen LogP contribution in [-0.2, 0) is 14.3 Å². The maximum absolute atomic E-state index is 12.2. The summed E-state index contributed by atoms with van der Waals surface area (Å²) in [4.78, 5) is 24.0. The minimum atomic E-state index is -0.950. The van der Waals surface area contributed by atoms with Gasteiger partial charge in [0.15, 0.2) is 6.10 Å². The van der Waals surface area contributed by atoms with Gasteiger partial charge < -0.3 is 19.2 Å². The third-order valence-electron chi connectivity index (χ3n) is 3.69. The van der Waals surface area contributed by atoms with E-state index in [1.807, 2.05) is 30.3 Å². The van der Waals surface area contributed by atoms with E-state index in [1.54, 1.807) is 36.4 Å². The van der Waals surface area contributed by atoms with Gasteiger partial charge in [-0.1, -0.05) is 18.2 Å². The van der Waals surface area contributed by atoms with Crippen LogP contribution in [0.2, 0.25) is 0 Å². The molecule has 0 aliphatic rings. The molecule has 142 valence electrons. The Balaban J connectivity index is 1.50. The Hall–Kier alpha value is -3.80. The first-order valence-electron chi connectivity index (χ1n) is 8.66. The summed E-state index contributed by atoms with van der Waals surface area (Å²) >= 11 is 0. The number of benzene rings is 2. The molecule has 0 saturated heterocycles. The lowest BCUT2D eigenvalue weighted by Crippen LogP contribution is -2.29. The molecule has 0 bridgehead atoms. The molecule has 1 N–H and O–H groups in total. The molecule has 3 aromatic rings. The Morgan fingerprint density at radius 1 is 0.964 bits per heavy atom. The molecule has 0 fully saturated rings. The summed E-state index contributed by atoms with van der Waals surface area (Å²) in [5.74, 6) is 0.822. The summed E-state index contributed by atoms with van der Waals surface area (Å²) in [6, 6.07) is 19.7. The second-order valence-electron chi connectivity index (χ2n) is 5.86. The molecule has 0 radical (unpaired) electrons. The number of esters is 1. The quantitative estimate of drug-likeness (QED) is 0.479. The molecule has 1 amide bonds. The highest BCUT2D eigenvalue weighted by molar-refractivity contribution is 5.96. The fourth-order valence-corrected chi connectivity index (χ4v) is 2.28. The minimum absolute atomic E-state index is 0.434. The van der Waals surface area contributed by atoms with E-state index in [1.165, 1.54) is 25.3 Å². The first-order chi connectivity index (χ1) is 13.6. The van der Waals surface area contributed by atoms with Crippen LogP contribution in [0.25, 0.3) is 6.08 Å². The van der Waals surface area contributed by atoms with Crippen molar-refractivity contribution in [2.45, 2.75) is 13.0 Å². The van der Waals surface area contributed by atoms with Crippen molar-refractivity contribution in [2.75, 3.05) is 5.32 Å². The molecule has 6 heteroatoms. The third kappa shape index (κ3) is 5.60. The molecule has 1 atom stereocenters. The van der Waals surface area contributed by atoms with Crippen LogP contribution in [-0.4, -0.2) is 18.0 Å². The van der Waals surface area contributed by atoms with E-state index >= 15 is 0 Å². The van der Waals surface area contributed by atoms with Crippen molar-refractivity contribution in [3.8, 4) is 11.5 Å². The number of nitrogens with one attached hydrogen (secondary N) is 1. The lowest BCUT2D eigenvalue weighted by atomic mass is 10.2. The van der Waals surface area contributed by atoms with Gasteiger partial charge in [0.05, 0.1) is 6.26 Å². The summed E-state index contributed by atoms with van der Waals surface area (Å²) in [5, 5.41) is 2.69. The second kappa shape index (κ2) is 9.23. The molecule has 1 aromatic heterocycles. The first kappa shape index (κ1) is 19.0. The molecule has 28 heavy (non-hydrogen) atoms. The highest BCUT2D eigenvalue weighted by atomic mass is 16.5. The molecule has 1 heterocycles. The number of amides is 1. The smallest absolute Gasteiger partial charge is 0.331 e. The number of hydrogen-bond donors (Lipinski definition) is 1. The first-order valence-corrected chi connectivity index (χ1v) is 8.66. The van der Waals surface area contributed by atoms with Gasteiger partial charge in [-0.15, -0.1) is 0 Å². The van der Waals surface area contributed by atoms with E-state index < -0.39 is 18.0 Å². The summed E-state index contributed by atoms with van der Waals surface area (Å²) in [6.07, 6.45) is 3.22. The van der Waals surface area contributed by atoms with E-state index in [9.17, 15) is 9.59 Å². The average Bonchev–Trinajstić information content (AvgIpc) is 3.22. The molecular formula is C22H19NO5. The maximum Gasteiger partial charge on any atom is 0.331 e. The van der Waals surface area contributed by atoms with Gasteiger partial charge >= 0.3 is 5.97 Å². The SMILES string of the molecule is C[C@H](OC(=O)/C=C/c1ccco1)C(=O)Nc1ccc(Oc2ccccc2)cc1. The zero-order valence-corrected chi connectivity index (χ0v) is 15.2. The van der Waals surface area contributed by atoms with Gasteiger partial charge in [0.25, 0.3) is 5.91 Å². The van der Waals surface area contributed by atoms with E-state index in [2.05, 4.69) is 5.32 Å². The van der Waals surface area contributed by atoms with Gasteiger partial charge in [-0.3, -0.25) is 4.79 Å². The summed E-state index contributed by atoms with van der Waals surface area (Å²) in [6.45, 7) is 1.50. The van der Waals surface area contributed by atoms with Crippen molar-refractivity contribution in [2.24, 2.45) is 0 Å². The molecular weight excluding hydrogens is 358 g/mol. The van der Waals surface area contributed by atoms with Crippen LogP contribution in [0.15, 0.2) is 83.5 Å². The van der Waals surface area contributed by atoms with Gasteiger partial charge in [0.1, 0.15) is 17.3 Å². The van der Waals surface area contributed by atoms with E-state index in [-0.39, 0.29) is 0 Å². The lowest BCUT2D eigenvalue weighted by Gasteiger charge is -2.13. The zero-order valence-electron chi connectivity index (χ0n) is 15.2. The number of furan rings is 1. The highest BCUT2D eigenvalue weighted by Gasteiger charge is 2.16. The molecule has 0 spiro atoms. The third-order valence-corrected chi connectivity index (χ3v) is 3.69. The summed E-state index contributed by atoms with van der Waals surface area (Å²) < 4.78 is 15.9. The predicted molar refractivity (Wildman–Crippen MR) is 105 cm³/mol. The molecule has 0 unspecified atom stereocenters. The van der Waals surface area contributed by atoms with E-state index in [4.69, 9.17) is 13.9 Å². The van der Waals surface area contributed by atoms with Gasteiger partial charge in [-0.2, -0.15) is 0 Å². The molecule has 0 saturated carbocycles. The lowest BCUT2D eigenvalue weighted by molar-refractivity contribution is -0.148. The van der Waals surface area contributed by atoms with Crippen LogP contribution in [0.3, 0.4) is 0 Å². The van der Waals surface area contributed by atoms with Crippen LogP contribution in [0, 0.1) is 0 Å². The van der Waals surface area contributed by atoms with Crippen molar-refractivity contribution in [1.82, 2.24) is 0 Å². The van der Waals surface area contributed by atoms with Crippen molar-refractivity contribution in [1.29, 1.82) is 0 Å². The molecule has 0 aliphatic heterocycles. The van der Waals surface area contributed by atoms with Crippen LogP contribution in [0.1, 0.15) is 12.7 Å². The Bertz CT molecular complexity index is 931. The standard InChI is InChI=1S/C22H19NO5/c1-16(27-21(24)14-13-18-8-5-15-26-18)22(25)23-17-9-11-20(12-10-17)28-19-6-3-2-4-7-19/h2-16H,1H3,(H,23,25)/b14-13+/t16-/m0/s1. The number of hydrogen-bond acceptors (Lipinski definition) is 5. The second-order valence-corrected chi connectivity index (χ2v) is 5.86. The summed E-state index contributed by atoms with van der Waals surface area (Å²) in [5.41, 5.74) is 0.569. The van der Waals surface area contributed by atoms with Crippen LogP contribution >= 0.6 is 0 Å². The topological polar surface area (TPSA) is 77.8 Å². The largest absolute Gasteiger partial charge is 0.465 e. The van der Waals surface area contributed by atoms with Crippen molar-refractivity contribution in [3.63, 3.8) is 0 Å². The van der Waals surface area contributed by atoms with Crippen LogP contribution in [0.5, 0.6) is 11.5 Å². The van der Waals surface area contributed by atoms with Crippen LogP contribution < -0.4 is 10.1 Å². The van der Waals surface area contributed by atoms with Crippen molar-refractivity contribution >= 4 is 23.6 Å². The molecule has 0 aliphatic carbocycles. The fourth-order valence-electron chi connectivity index (χ4n) is 2.28. The molecule has 6 nitrogen and oxygen atoms in total. The average molecular weight is 377 g/mol. The number of carbonyl (C=O) groups excluding carboxylic acids is 2. The zero-order chi connectivity index (χ0) is 19.8.